The van der Waals surface area contributed by atoms with Crippen molar-refractivity contribution in [3.63, 3.8) is 0 Å². The van der Waals surface area contributed by atoms with Crippen LogP contribution in [0.25, 0.3) is 5.57 Å². The summed E-state index contributed by atoms with van der Waals surface area (Å²) < 4.78 is 0. The second kappa shape index (κ2) is 7.42. The van der Waals surface area contributed by atoms with Gasteiger partial charge < -0.3 is 5.11 Å². The van der Waals surface area contributed by atoms with Crippen molar-refractivity contribution in [2.75, 3.05) is 0 Å². The molecule has 0 aromatic heterocycles. The standard InChI is InChI=1S/C28H27BrO/c1-18-6-5-7-19(2)26(16-18)28(20-10-13-22(30)14-11-20)25-9-4-3-8-23(25)24-15-12-21(29)17-27(24)28/h3-15,19,21,26,30H,16-17H2,1-2H3. The molecule has 0 saturated carbocycles. The number of halogens is 1. The highest BCUT2D eigenvalue weighted by atomic mass is 79.9. The number of hydrogen-bond donors (Lipinski definition) is 1. The van der Waals surface area contributed by atoms with E-state index in [0.717, 1.165) is 12.8 Å². The fourth-order valence-corrected chi connectivity index (χ4v) is 6.37. The molecule has 4 atom stereocenters. The Kier molecular flexibility index (Phi) is 4.86. The van der Waals surface area contributed by atoms with E-state index < -0.39 is 0 Å². The van der Waals surface area contributed by atoms with Gasteiger partial charge in [0.25, 0.3) is 0 Å². The van der Waals surface area contributed by atoms with Gasteiger partial charge in [0.2, 0.25) is 0 Å². The molecule has 0 radical (unpaired) electrons. The lowest BCUT2D eigenvalue weighted by Gasteiger charge is -2.45. The zero-order valence-corrected chi connectivity index (χ0v) is 19.1. The molecule has 1 N–H and O–H groups in total. The summed E-state index contributed by atoms with van der Waals surface area (Å²) in [6, 6.07) is 16.9. The summed E-state index contributed by atoms with van der Waals surface area (Å²) in [6.07, 6.45) is 13.5. The van der Waals surface area contributed by atoms with Crippen molar-refractivity contribution in [1.82, 2.24) is 0 Å². The molecule has 0 aliphatic heterocycles. The molecule has 0 bridgehead atoms. The van der Waals surface area contributed by atoms with Gasteiger partial charge in [0, 0.05) is 10.2 Å². The van der Waals surface area contributed by atoms with Crippen LogP contribution in [0, 0.1) is 11.8 Å². The van der Waals surface area contributed by atoms with Gasteiger partial charge in [-0.3, -0.25) is 0 Å². The van der Waals surface area contributed by atoms with Crippen molar-refractivity contribution in [3.8, 4) is 5.75 Å². The van der Waals surface area contributed by atoms with Crippen LogP contribution in [0.2, 0.25) is 0 Å². The minimum Gasteiger partial charge on any atom is -0.508 e. The van der Waals surface area contributed by atoms with Crippen LogP contribution in [0.4, 0.5) is 0 Å². The Morgan fingerprint density at radius 1 is 1.00 bits per heavy atom. The van der Waals surface area contributed by atoms with E-state index >= 15 is 0 Å². The van der Waals surface area contributed by atoms with E-state index in [2.05, 4.69) is 96.6 Å². The summed E-state index contributed by atoms with van der Waals surface area (Å²) in [6.45, 7) is 4.62. The van der Waals surface area contributed by atoms with Gasteiger partial charge in [-0.2, -0.15) is 0 Å². The van der Waals surface area contributed by atoms with Gasteiger partial charge in [-0.05, 0) is 71.6 Å². The van der Waals surface area contributed by atoms with Crippen LogP contribution in [-0.4, -0.2) is 9.93 Å². The molecule has 5 rings (SSSR count). The summed E-state index contributed by atoms with van der Waals surface area (Å²) in [5, 5.41) is 10.1. The van der Waals surface area contributed by atoms with E-state index in [4.69, 9.17) is 0 Å². The number of phenolic OH excluding ortho intramolecular Hbond substituents is 1. The lowest BCUT2D eigenvalue weighted by molar-refractivity contribution is 0.295. The Morgan fingerprint density at radius 3 is 2.57 bits per heavy atom. The first kappa shape index (κ1) is 19.6. The van der Waals surface area contributed by atoms with E-state index in [9.17, 15) is 5.11 Å². The van der Waals surface area contributed by atoms with Crippen LogP contribution < -0.4 is 0 Å². The SMILES string of the molecule is CC1=CC=CC(C)C(C2(c3ccc(O)cc3)C3=C(C=CC(Br)C3)c3ccccc32)C1. The number of rotatable bonds is 2. The number of aromatic hydroxyl groups is 1. The van der Waals surface area contributed by atoms with Crippen LogP contribution in [0.1, 0.15) is 43.4 Å². The fraction of sp³-hybridized carbons (Fsp3) is 0.286. The lowest BCUT2D eigenvalue weighted by Crippen LogP contribution is -2.41. The predicted octanol–water partition coefficient (Wildman–Crippen LogP) is 7.33. The van der Waals surface area contributed by atoms with Crippen molar-refractivity contribution in [3.05, 3.63) is 107 Å². The van der Waals surface area contributed by atoms with Crippen molar-refractivity contribution in [2.24, 2.45) is 11.8 Å². The van der Waals surface area contributed by atoms with Crippen LogP contribution >= 0.6 is 15.9 Å². The minimum absolute atomic E-state index is 0.209. The molecule has 0 spiro atoms. The summed E-state index contributed by atoms with van der Waals surface area (Å²) in [4.78, 5) is 0.343. The molecule has 0 heterocycles. The molecule has 3 aliphatic carbocycles. The maximum atomic E-state index is 10.1. The van der Waals surface area contributed by atoms with Gasteiger partial charge in [-0.25, -0.2) is 0 Å². The van der Waals surface area contributed by atoms with E-state index in [0.29, 0.717) is 22.4 Å². The summed E-state index contributed by atoms with van der Waals surface area (Å²) >= 11 is 3.89. The molecule has 152 valence electrons. The monoisotopic (exact) mass is 458 g/mol. The highest BCUT2D eigenvalue weighted by Gasteiger charge is 2.52. The first-order valence-electron chi connectivity index (χ1n) is 10.8. The topological polar surface area (TPSA) is 20.2 Å². The van der Waals surface area contributed by atoms with E-state index in [1.54, 1.807) is 0 Å². The van der Waals surface area contributed by atoms with Crippen LogP contribution in [0.3, 0.4) is 0 Å². The van der Waals surface area contributed by atoms with E-state index in [1.807, 2.05) is 12.1 Å². The Hall–Kier alpha value is -2.32. The molecule has 3 aliphatic rings. The second-order valence-corrected chi connectivity index (χ2v) is 10.1. The highest BCUT2D eigenvalue weighted by Crippen LogP contribution is 2.60. The second-order valence-electron chi connectivity index (χ2n) is 8.94. The minimum atomic E-state index is -0.209. The molecule has 4 unspecified atom stereocenters. The third-order valence-electron chi connectivity index (χ3n) is 7.16. The van der Waals surface area contributed by atoms with Crippen LogP contribution in [0.15, 0.2) is 90.1 Å². The number of allylic oxidation sites excluding steroid dienone is 8. The van der Waals surface area contributed by atoms with Gasteiger partial charge in [0.15, 0.2) is 0 Å². The number of phenols is 1. The van der Waals surface area contributed by atoms with E-state index in [1.165, 1.54) is 33.4 Å². The highest BCUT2D eigenvalue weighted by molar-refractivity contribution is 9.09. The number of fused-ring (bicyclic) bond motifs is 2. The summed E-state index contributed by atoms with van der Waals surface area (Å²) in [5.74, 6) is 1.14. The number of alkyl halides is 1. The van der Waals surface area contributed by atoms with E-state index in [-0.39, 0.29) is 5.41 Å². The Bertz CT molecular complexity index is 1100. The molecular weight excluding hydrogens is 432 g/mol. The normalized spacial score (nSPS) is 30.0. The fourth-order valence-electron chi connectivity index (χ4n) is 5.89. The molecule has 30 heavy (non-hydrogen) atoms. The van der Waals surface area contributed by atoms with Gasteiger partial charge >= 0.3 is 0 Å². The van der Waals surface area contributed by atoms with Gasteiger partial charge in [-0.15, -0.1) is 0 Å². The Morgan fingerprint density at radius 2 is 1.77 bits per heavy atom. The molecule has 0 saturated heterocycles. The molecular formula is C28H27BrO. The number of benzene rings is 2. The van der Waals surface area contributed by atoms with Crippen molar-refractivity contribution in [1.29, 1.82) is 0 Å². The predicted molar refractivity (Wildman–Crippen MR) is 129 cm³/mol. The smallest absolute Gasteiger partial charge is 0.115 e. The summed E-state index contributed by atoms with van der Waals surface area (Å²) in [5.41, 5.74) is 8.17. The third-order valence-corrected chi connectivity index (χ3v) is 7.79. The third kappa shape index (κ3) is 2.88. The zero-order chi connectivity index (χ0) is 20.9. The lowest BCUT2D eigenvalue weighted by atomic mass is 9.58. The van der Waals surface area contributed by atoms with Gasteiger partial charge in [0.05, 0.1) is 0 Å². The summed E-state index contributed by atoms with van der Waals surface area (Å²) in [7, 11) is 0. The van der Waals surface area contributed by atoms with Crippen LogP contribution in [-0.2, 0) is 5.41 Å². The maximum Gasteiger partial charge on any atom is 0.115 e. The molecule has 2 aromatic carbocycles. The first-order valence-corrected chi connectivity index (χ1v) is 11.7. The Labute approximate surface area is 187 Å². The zero-order valence-electron chi connectivity index (χ0n) is 17.5. The average molecular weight is 459 g/mol. The van der Waals surface area contributed by atoms with Gasteiger partial charge in [-0.1, -0.05) is 95.2 Å². The van der Waals surface area contributed by atoms with Crippen LogP contribution in [0.5, 0.6) is 5.75 Å². The van der Waals surface area contributed by atoms with Gasteiger partial charge in [0.1, 0.15) is 5.75 Å². The van der Waals surface area contributed by atoms with Crippen molar-refractivity contribution in [2.45, 2.75) is 36.9 Å². The Balaban J connectivity index is 1.86. The molecule has 1 nitrogen and oxygen atoms in total. The molecule has 0 fully saturated rings. The molecule has 0 amide bonds. The average Bonchev–Trinajstić information content (AvgIpc) is 2.91. The number of hydrogen-bond acceptors (Lipinski definition) is 1. The largest absolute Gasteiger partial charge is 0.508 e. The van der Waals surface area contributed by atoms with Crippen molar-refractivity contribution >= 4 is 21.5 Å². The first-order chi connectivity index (χ1) is 14.5. The van der Waals surface area contributed by atoms with Crippen molar-refractivity contribution < 1.29 is 5.11 Å². The molecule has 2 heteroatoms. The quantitative estimate of drug-likeness (QED) is 0.467. The maximum absolute atomic E-state index is 10.1. The molecule has 2 aromatic rings.